The molecular formula is C19H26N4O2. The summed E-state index contributed by atoms with van der Waals surface area (Å²) in [5.74, 6) is 1.30. The van der Waals surface area contributed by atoms with Gasteiger partial charge in [0.25, 0.3) is 0 Å². The topological polar surface area (TPSA) is 59.4 Å². The second-order valence-corrected chi connectivity index (χ2v) is 6.86. The maximum Gasteiger partial charge on any atom is 0.321 e. The van der Waals surface area contributed by atoms with Crippen molar-refractivity contribution >= 4 is 11.7 Å². The molecule has 0 unspecified atom stereocenters. The van der Waals surface area contributed by atoms with E-state index in [4.69, 9.17) is 4.74 Å². The van der Waals surface area contributed by atoms with Crippen molar-refractivity contribution in [3.05, 3.63) is 42.0 Å². The zero-order chi connectivity index (χ0) is 18.0. The summed E-state index contributed by atoms with van der Waals surface area (Å²) in [4.78, 5) is 18.8. The van der Waals surface area contributed by atoms with Gasteiger partial charge in [0.1, 0.15) is 5.75 Å². The Balaban J connectivity index is 1.74. The van der Waals surface area contributed by atoms with Gasteiger partial charge in [-0.05, 0) is 43.9 Å². The molecule has 6 heteroatoms. The van der Waals surface area contributed by atoms with Gasteiger partial charge in [0.15, 0.2) is 0 Å². The number of aryl methyl sites for hydroxylation is 1. The molecule has 2 atom stereocenters. The van der Waals surface area contributed by atoms with Crippen LogP contribution in [0.4, 0.5) is 10.5 Å². The Morgan fingerprint density at radius 1 is 1.36 bits per heavy atom. The number of nitrogens with zero attached hydrogens (tertiary/aromatic N) is 3. The fourth-order valence-electron chi connectivity index (χ4n) is 3.45. The van der Waals surface area contributed by atoms with Gasteiger partial charge in [-0.2, -0.15) is 0 Å². The molecule has 3 rings (SSSR count). The normalized spacial score (nSPS) is 20.4. The molecule has 134 valence electrons. The van der Waals surface area contributed by atoms with E-state index in [1.165, 1.54) is 0 Å². The number of nitrogens with one attached hydrogen (secondary N) is 1. The first-order valence-corrected chi connectivity index (χ1v) is 8.68. The zero-order valence-corrected chi connectivity index (χ0v) is 15.3. The highest BCUT2D eigenvalue weighted by atomic mass is 16.5. The van der Waals surface area contributed by atoms with Crippen LogP contribution < -0.4 is 10.1 Å². The molecule has 1 saturated heterocycles. The number of aromatic nitrogens is 2. The largest absolute Gasteiger partial charge is 0.496 e. The molecule has 1 fully saturated rings. The predicted octanol–water partition coefficient (Wildman–Crippen LogP) is 3.62. The van der Waals surface area contributed by atoms with Crippen molar-refractivity contribution in [3.8, 4) is 5.75 Å². The van der Waals surface area contributed by atoms with Crippen LogP contribution in [-0.4, -0.2) is 40.7 Å². The van der Waals surface area contributed by atoms with Crippen LogP contribution in [0.5, 0.6) is 5.75 Å². The minimum Gasteiger partial charge on any atom is -0.496 e. The van der Waals surface area contributed by atoms with Gasteiger partial charge in [-0.3, -0.25) is 0 Å². The number of amides is 2. The quantitative estimate of drug-likeness (QED) is 0.927. The Labute approximate surface area is 148 Å². The molecule has 0 radical (unpaired) electrons. The lowest BCUT2D eigenvalue weighted by Crippen LogP contribution is -2.45. The summed E-state index contributed by atoms with van der Waals surface area (Å²) >= 11 is 0. The average Bonchev–Trinajstić information content (AvgIpc) is 3.12. The van der Waals surface area contributed by atoms with E-state index in [2.05, 4.69) is 21.8 Å². The highest BCUT2D eigenvalue weighted by Gasteiger charge is 2.30. The minimum atomic E-state index is -0.0623. The monoisotopic (exact) mass is 342 g/mol. The molecule has 25 heavy (non-hydrogen) atoms. The Morgan fingerprint density at radius 3 is 2.84 bits per heavy atom. The lowest BCUT2D eigenvalue weighted by molar-refractivity contribution is 0.149. The molecule has 1 aliphatic rings. The number of urea groups is 1. The molecule has 1 aromatic heterocycles. The number of hydrogen-bond donors (Lipinski definition) is 1. The first-order valence-electron chi connectivity index (χ1n) is 8.68. The van der Waals surface area contributed by atoms with E-state index in [1.807, 2.05) is 43.4 Å². The van der Waals surface area contributed by atoms with Gasteiger partial charge in [-0.1, -0.05) is 6.92 Å². The molecule has 0 aliphatic carbocycles. The molecule has 1 aliphatic heterocycles. The number of hydrogen-bond acceptors (Lipinski definition) is 3. The van der Waals surface area contributed by atoms with Gasteiger partial charge >= 0.3 is 6.03 Å². The van der Waals surface area contributed by atoms with Crippen molar-refractivity contribution in [1.29, 1.82) is 0 Å². The third kappa shape index (κ3) is 3.62. The Hall–Kier alpha value is -2.50. The Bertz CT molecular complexity index is 742. The van der Waals surface area contributed by atoms with Crippen molar-refractivity contribution in [2.75, 3.05) is 25.5 Å². The van der Waals surface area contributed by atoms with Gasteiger partial charge in [-0.15, -0.1) is 0 Å². The summed E-state index contributed by atoms with van der Waals surface area (Å²) in [5.41, 5.74) is 2.80. The van der Waals surface area contributed by atoms with Crippen LogP contribution in [0.2, 0.25) is 0 Å². The van der Waals surface area contributed by atoms with E-state index in [0.717, 1.165) is 35.5 Å². The lowest BCUT2D eigenvalue weighted by Gasteiger charge is -2.37. The van der Waals surface area contributed by atoms with Gasteiger partial charge in [0, 0.05) is 36.7 Å². The molecule has 2 amide bonds. The SMILES string of the molecule is COc1cc(C)cc(NC(=O)N2CC[C@@H](C)[C@@H](n3ccnc3)C2)c1C. The highest BCUT2D eigenvalue weighted by molar-refractivity contribution is 5.90. The first-order chi connectivity index (χ1) is 12.0. The van der Waals surface area contributed by atoms with Crippen LogP contribution >= 0.6 is 0 Å². The molecule has 0 saturated carbocycles. The number of methoxy groups -OCH3 is 1. The third-order valence-electron chi connectivity index (χ3n) is 5.08. The molecule has 2 aromatic rings. The Morgan fingerprint density at radius 2 is 2.16 bits per heavy atom. The average molecular weight is 342 g/mol. The summed E-state index contributed by atoms with van der Waals surface area (Å²) in [5, 5.41) is 3.06. The second-order valence-electron chi connectivity index (χ2n) is 6.86. The summed E-state index contributed by atoms with van der Waals surface area (Å²) in [6.45, 7) is 7.64. The van der Waals surface area contributed by atoms with Crippen LogP contribution in [0.15, 0.2) is 30.9 Å². The standard InChI is InChI=1S/C19H26N4O2/c1-13-9-16(15(3)18(10-13)25-4)21-19(24)22-7-5-14(2)17(11-22)23-8-6-20-12-23/h6,8-10,12,14,17H,5,7,11H2,1-4H3,(H,21,24)/t14-,17+/m1/s1. The van der Waals surface area contributed by atoms with Crippen molar-refractivity contribution in [2.45, 2.75) is 33.2 Å². The summed E-state index contributed by atoms with van der Waals surface area (Å²) in [6.07, 6.45) is 6.57. The number of anilines is 1. The molecule has 6 nitrogen and oxygen atoms in total. The number of carbonyl (C=O) groups is 1. The fraction of sp³-hybridized carbons (Fsp3) is 0.474. The summed E-state index contributed by atoms with van der Waals surface area (Å²) in [6, 6.07) is 4.15. The van der Waals surface area contributed by atoms with E-state index in [9.17, 15) is 4.79 Å². The number of imidazole rings is 1. The predicted molar refractivity (Wildman–Crippen MR) is 98.1 cm³/mol. The fourth-order valence-corrected chi connectivity index (χ4v) is 3.45. The Kier molecular flexibility index (Phi) is 4.97. The molecule has 1 N–H and O–H groups in total. The van der Waals surface area contributed by atoms with Gasteiger partial charge in [-0.25, -0.2) is 9.78 Å². The molecule has 0 bridgehead atoms. The van der Waals surface area contributed by atoms with Gasteiger partial charge in [0.05, 0.1) is 19.5 Å². The number of ether oxygens (including phenoxy) is 1. The molecule has 2 heterocycles. The third-order valence-corrected chi connectivity index (χ3v) is 5.08. The van der Waals surface area contributed by atoms with Crippen molar-refractivity contribution in [1.82, 2.24) is 14.5 Å². The number of likely N-dealkylation sites (tertiary alicyclic amines) is 1. The second kappa shape index (κ2) is 7.17. The van der Waals surface area contributed by atoms with E-state index < -0.39 is 0 Å². The number of rotatable bonds is 3. The van der Waals surface area contributed by atoms with Crippen molar-refractivity contribution in [3.63, 3.8) is 0 Å². The lowest BCUT2D eigenvalue weighted by atomic mass is 9.93. The van der Waals surface area contributed by atoms with Crippen LogP contribution in [0.25, 0.3) is 0 Å². The smallest absolute Gasteiger partial charge is 0.321 e. The van der Waals surface area contributed by atoms with E-state index in [1.54, 1.807) is 13.3 Å². The summed E-state index contributed by atoms with van der Waals surface area (Å²) in [7, 11) is 1.65. The zero-order valence-electron chi connectivity index (χ0n) is 15.3. The van der Waals surface area contributed by atoms with E-state index >= 15 is 0 Å². The number of carbonyl (C=O) groups excluding carboxylic acids is 1. The molecular weight excluding hydrogens is 316 g/mol. The first kappa shape index (κ1) is 17.3. The van der Waals surface area contributed by atoms with Crippen molar-refractivity contribution in [2.24, 2.45) is 5.92 Å². The maximum absolute atomic E-state index is 12.8. The van der Waals surface area contributed by atoms with E-state index in [-0.39, 0.29) is 12.1 Å². The van der Waals surface area contributed by atoms with Crippen LogP contribution in [0.1, 0.15) is 30.5 Å². The summed E-state index contributed by atoms with van der Waals surface area (Å²) < 4.78 is 7.50. The number of benzene rings is 1. The number of piperidine rings is 1. The minimum absolute atomic E-state index is 0.0623. The van der Waals surface area contributed by atoms with Gasteiger partial charge < -0.3 is 19.5 Å². The van der Waals surface area contributed by atoms with Crippen LogP contribution in [-0.2, 0) is 0 Å². The van der Waals surface area contributed by atoms with Crippen molar-refractivity contribution < 1.29 is 9.53 Å². The molecule has 0 spiro atoms. The van der Waals surface area contributed by atoms with Crippen LogP contribution in [0.3, 0.4) is 0 Å². The van der Waals surface area contributed by atoms with Gasteiger partial charge in [0.2, 0.25) is 0 Å². The molecule has 1 aromatic carbocycles. The maximum atomic E-state index is 12.8. The van der Waals surface area contributed by atoms with Crippen LogP contribution in [0, 0.1) is 19.8 Å². The highest BCUT2D eigenvalue weighted by Crippen LogP contribution is 2.30. The van der Waals surface area contributed by atoms with E-state index in [0.29, 0.717) is 12.5 Å².